The number of anilines is 1. The van der Waals surface area contributed by atoms with Crippen LogP contribution in [0.25, 0.3) is 32.9 Å². The number of H-pyrrole nitrogens is 1. The summed E-state index contributed by atoms with van der Waals surface area (Å²) in [7, 11) is 0. The minimum absolute atomic E-state index is 0.253. The number of para-hydroxylation sites is 1. The highest BCUT2D eigenvalue weighted by Crippen LogP contribution is 2.28. The van der Waals surface area contributed by atoms with Crippen LogP contribution < -0.4 is 11.1 Å². The van der Waals surface area contributed by atoms with Gasteiger partial charge in [-0.15, -0.1) is 11.3 Å². The average molecular weight is 414 g/mol. The summed E-state index contributed by atoms with van der Waals surface area (Å²) in [4.78, 5) is 32.6. The number of pyridine rings is 1. The van der Waals surface area contributed by atoms with Gasteiger partial charge in [-0.3, -0.25) is 14.3 Å². The predicted octanol–water partition coefficient (Wildman–Crippen LogP) is 4.56. The van der Waals surface area contributed by atoms with Crippen LogP contribution in [0.15, 0.2) is 81.4 Å². The zero-order valence-electron chi connectivity index (χ0n) is 15.5. The summed E-state index contributed by atoms with van der Waals surface area (Å²) < 4.78 is 4.55. The summed E-state index contributed by atoms with van der Waals surface area (Å²) in [5.41, 5.74) is 3.23. The molecule has 0 radical (unpaired) electrons. The fourth-order valence-electron chi connectivity index (χ4n) is 3.21. The number of nitrogens with one attached hydrogen (secondary N) is 2. The molecule has 0 saturated carbocycles. The van der Waals surface area contributed by atoms with Crippen molar-refractivity contribution in [3.8, 4) is 22.0 Å². The Hall–Kier alpha value is -4.04. The number of aromatic amines is 1. The van der Waals surface area contributed by atoms with Gasteiger partial charge in [-0.05, 0) is 35.7 Å². The van der Waals surface area contributed by atoms with E-state index < -0.39 is 5.76 Å². The zero-order valence-corrected chi connectivity index (χ0v) is 16.3. The molecule has 0 fully saturated rings. The first-order valence-corrected chi connectivity index (χ1v) is 9.97. The number of carbonyl (C=O) groups is 1. The Morgan fingerprint density at radius 1 is 1.03 bits per heavy atom. The maximum Gasteiger partial charge on any atom is 0.439 e. The molecule has 5 rings (SSSR count). The highest BCUT2D eigenvalue weighted by Gasteiger charge is 2.15. The molecule has 146 valence electrons. The van der Waals surface area contributed by atoms with E-state index in [-0.39, 0.29) is 5.91 Å². The summed E-state index contributed by atoms with van der Waals surface area (Å²) in [6.07, 6.45) is 0. The van der Waals surface area contributed by atoms with Gasteiger partial charge in [-0.25, -0.2) is 9.78 Å². The third kappa shape index (κ3) is 3.40. The Labute approximate surface area is 174 Å². The van der Waals surface area contributed by atoms with Gasteiger partial charge in [-0.2, -0.15) is 0 Å². The lowest BCUT2D eigenvalue weighted by Crippen LogP contribution is -2.13. The molecule has 1 amide bonds. The number of rotatable bonds is 4. The minimum Gasteiger partial charge on any atom is -0.322 e. The minimum atomic E-state index is -0.635. The van der Waals surface area contributed by atoms with Gasteiger partial charge in [-0.1, -0.05) is 41.6 Å². The van der Waals surface area contributed by atoms with Gasteiger partial charge in [0.25, 0.3) is 5.91 Å². The number of fused-ring (bicyclic) bond motifs is 1. The summed E-state index contributed by atoms with van der Waals surface area (Å²) in [5, 5.41) is 9.36. The van der Waals surface area contributed by atoms with Crippen LogP contribution in [0, 0.1) is 0 Å². The zero-order chi connectivity index (χ0) is 20.5. The van der Waals surface area contributed by atoms with Crippen LogP contribution in [0.3, 0.4) is 0 Å². The number of carbonyl (C=O) groups excluding carboxylic acids is 1. The van der Waals surface area contributed by atoms with E-state index in [1.165, 1.54) is 0 Å². The van der Waals surface area contributed by atoms with Crippen LogP contribution in [0.5, 0.6) is 0 Å². The highest BCUT2D eigenvalue weighted by molar-refractivity contribution is 7.13. The molecule has 8 heteroatoms. The van der Waals surface area contributed by atoms with Crippen LogP contribution in [0.1, 0.15) is 10.4 Å². The van der Waals surface area contributed by atoms with Crippen molar-refractivity contribution in [2.45, 2.75) is 0 Å². The van der Waals surface area contributed by atoms with E-state index in [1.807, 2.05) is 47.8 Å². The molecule has 0 unspecified atom stereocenters. The van der Waals surface area contributed by atoms with Gasteiger partial charge < -0.3 is 5.32 Å². The first kappa shape index (κ1) is 18.0. The fourth-order valence-corrected chi connectivity index (χ4v) is 3.90. The van der Waals surface area contributed by atoms with Gasteiger partial charge in [0.15, 0.2) is 5.82 Å². The lowest BCUT2D eigenvalue weighted by atomic mass is 10.1. The van der Waals surface area contributed by atoms with Crippen LogP contribution in [0.2, 0.25) is 0 Å². The Bertz CT molecular complexity index is 1420. The first-order valence-electron chi connectivity index (χ1n) is 9.09. The molecule has 0 aliphatic carbocycles. The lowest BCUT2D eigenvalue weighted by Gasteiger charge is -2.10. The van der Waals surface area contributed by atoms with Gasteiger partial charge in [0, 0.05) is 16.6 Å². The SMILES string of the molecule is O=C(Nc1cccc(-c2noc(=O)[nH]2)c1)c1cc(-c2cccs2)nc2ccccc12. The topological polar surface area (TPSA) is 101 Å². The molecule has 0 spiro atoms. The Morgan fingerprint density at radius 3 is 2.73 bits per heavy atom. The van der Waals surface area contributed by atoms with Gasteiger partial charge in [0.2, 0.25) is 0 Å². The quantitative estimate of drug-likeness (QED) is 0.449. The van der Waals surface area contributed by atoms with E-state index in [0.29, 0.717) is 22.6 Å². The lowest BCUT2D eigenvalue weighted by molar-refractivity contribution is 0.102. The monoisotopic (exact) mass is 414 g/mol. The Balaban J connectivity index is 1.53. The molecular weight excluding hydrogens is 400 g/mol. The molecule has 0 aliphatic heterocycles. The second-order valence-electron chi connectivity index (χ2n) is 6.53. The number of amides is 1. The maximum atomic E-state index is 13.2. The average Bonchev–Trinajstić information content (AvgIpc) is 3.45. The third-order valence-electron chi connectivity index (χ3n) is 4.57. The molecule has 2 aromatic carbocycles. The van der Waals surface area contributed by atoms with Crippen LogP contribution in [-0.2, 0) is 0 Å². The molecule has 30 heavy (non-hydrogen) atoms. The smallest absolute Gasteiger partial charge is 0.322 e. The van der Waals surface area contributed by atoms with Crippen molar-refractivity contribution in [2.75, 3.05) is 5.32 Å². The van der Waals surface area contributed by atoms with E-state index in [2.05, 4.69) is 20.0 Å². The molecule has 5 aromatic rings. The van der Waals surface area contributed by atoms with Crippen molar-refractivity contribution in [3.05, 3.63) is 88.2 Å². The Morgan fingerprint density at radius 2 is 1.93 bits per heavy atom. The largest absolute Gasteiger partial charge is 0.439 e. The normalized spacial score (nSPS) is 10.9. The Kier molecular flexibility index (Phi) is 4.45. The second kappa shape index (κ2) is 7.41. The number of thiophene rings is 1. The maximum absolute atomic E-state index is 13.2. The van der Waals surface area contributed by atoms with Gasteiger partial charge in [0.1, 0.15) is 0 Å². The number of aromatic nitrogens is 3. The van der Waals surface area contributed by atoms with Crippen molar-refractivity contribution >= 4 is 33.8 Å². The van der Waals surface area contributed by atoms with Gasteiger partial charge in [0.05, 0.1) is 21.7 Å². The van der Waals surface area contributed by atoms with Crippen LogP contribution in [0.4, 0.5) is 5.69 Å². The number of hydrogen-bond donors (Lipinski definition) is 2. The molecule has 3 aromatic heterocycles. The number of hydrogen-bond acceptors (Lipinski definition) is 6. The fraction of sp³-hybridized carbons (Fsp3) is 0. The van der Waals surface area contributed by atoms with E-state index in [4.69, 9.17) is 4.98 Å². The molecular formula is C22H14N4O3S. The standard InChI is InChI=1S/C22H14N4O3S/c27-21(23-14-6-3-5-13(11-14)20-25-22(28)29-26-20)16-12-18(19-9-4-10-30-19)24-17-8-2-1-7-15(16)17/h1-12H,(H,23,27)(H,25,26,28). The van der Waals surface area contributed by atoms with Crippen molar-refractivity contribution < 1.29 is 9.32 Å². The molecule has 2 N–H and O–H groups in total. The first-order chi connectivity index (χ1) is 14.7. The van der Waals surface area contributed by atoms with Crippen molar-refractivity contribution in [1.82, 2.24) is 15.1 Å². The number of benzene rings is 2. The van der Waals surface area contributed by atoms with Crippen molar-refractivity contribution in [1.29, 1.82) is 0 Å². The highest BCUT2D eigenvalue weighted by atomic mass is 32.1. The van der Waals surface area contributed by atoms with Crippen molar-refractivity contribution in [2.24, 2.45) is 0 Å². The molecule has 3 heterocycles. The second-order valence-corrected chi connectivity index (χ2v) is 7.48. The summed E-state index contributed by atoms with van der Waals surface area (Å²) in [6.45, 7) is 0. The molecule has 0 bridgehead atoms. The molecule has 0 atom stereocenters. The van der Waals surface area contributed by atoms with E-state index in [9.17, 15) is 9.59 Å². The summed E-state index contributed by atoms with van der Waals surface area (Å²) in [6, 6.07) is 20.3. The van der Waals surface area contributed by atoms with Crippen LogP contribution in [-0.4, -0.2) is 21.0 Å². The van der Waals surface area contributed by atoms with Crippen molar-refractivity contribution in [3.63, 3.8) is 0 Å². The van der Waals surface area contributed by atoms with Gasteiger partial charge >= 0.3 is 5.76 Å². The molecule has 0 aliphatic rings. The summed E-state index contributed by atoms with van der Waals surface area (Å²) in [5.74, 6) is -0.591. The van der Waals surface area contributed by atoms with E-state index in [1.54, 1.807) is 35.6 Å². The van der Waals surface area contributed by atoms with E-state index >= 15 is 0 Å². The third-order valence-corrected chi connectivity index (χ3v) is 5.46. The predicted molar refractivity (Wildman–Crippen MR) is 116 cm³/mol. The number of nitrogens with zero attached hydrogens (tertiary/aromatic N) is 2. The van der Waals surface area contributed by atoms with E-state index in [0.717, 1.165) is 21.5 Å². The molecule has 7 nitrogen and oxygen atoms in total. The molecule has 0 saturated heterocycles. The van der Waals surface area contributed by atoms with Crippen LogP contribution >= 0.6 is 11.3 Å². The summed E-state index contributed by atoms with van der Waals surface area (Å²) >= 11 is 1.57.